The lowest BCUT2D eigenvalue weighted by Gasteiger charge is -2.28. The average Bonchev–Trinajstić information content (AvgIpc) is 3.91. The Morgan fingerprint density at radius 1 is 0.723 bits per heavy atom. The number of nitrogens with one attached hydrogen (secondary N) is 5. The molecule has 2 aliphatic carbocycles. The number of amides is 4. The number of nitrogens with zero attached hydrogens (tertiary/aromatic N) is 3. The van der Waals surface area contributed by atoms with E-state index in [-0.39, 0.29) is 41.1 Å². The normalized spacial score (nSPS) is 18.0. The highest BCUT2D eigenvalue weighted by molar-refractivity contribution is 5.91. The van der Waals surface area contributed by atoms with Crippen LogP contribution >= 0.6 is 0 Å². The molecule has 0 radical (unpaired) electrons. The largest absolute Gasteiger partial charge is 0.453 e. The maximum absolute atomic E-state index is 14.3. The van der Waals surface area contributed by atoms with Crippen molar-refractivity contribution in [1.82, 2.24) is 40.8 Å². The Hall–Kier alpha value is -6.96. The zero-order valence-electron chi connectivity index (χ0n) is 37.2. The summed E-state index contributed by atoms with van der Waals surface area (Å²) in [6.45, 7) is 4.40. The molecular weight excluding hydrogens is 821 g/mol. The monoisotopic (exact) mass is 876 g/mol. The number of aromatic amines is 2. The van der Waals surface area contributed by atoms with Gasteiger partial charge in [-0.3, -0.25) is 9.59 Å². The number of carbonyl (C=O) groups is 4. The van der Waals surface area contributed by atoms with Gasteiger partial charge >= 0.3 is 12.2 Å². The Balaban J connectivity index is 0.895. The first-order valence-electron chi connectivity index (χ1n) is 22.6. The minimum atomic E-state index is -0.882. The lowest BCUT2D eigenvalue weighted by molar-refractivity contribution is -0.134. The van der Waals surface area contributed by atoms with Gasteiger partial charge in [0.1, 0.15) is 23.7 Å². The molecule has 4 aromatic carbocycles. The molecule has 1 unspecified atom stereocenters. The molecule has 65 heavy (non-hydrogen) atoms. The fourth-order valence-corrected chi connectivity index (χ4v) is 9.74. The van der Waals surface area contributed by atoms with Crippen LogP contribution < -0.4 is 16.0 Å². The van der Waals surface area contributed by atoms with Gasteiger partial charge in [0.15, 0.2) is 0 Å². The van der Waals surface area contributed by atoms with Crippen molar-refractivity contribution in [1.29, 1.82) is 0 Å². The number of benzene rings is 4. The second-order valence-corrected chi connectivity index (χ2v) is 18.3. The van der Waals surface area contributed by atoms with Crippen LogP contribution in [0.4, 0.5) is 9.59 Å². The molecule has 9 rings (SSSR count). The summed E-state index contributed by atoms with van der Waals surface area (Å²) >= 11 is 0. The van der Waals surface area contributed by atoms with E-state index in [1.54, 1.807) is 0 Å². The minimum absolute atomic E-state index is 0.0765. The quantitative estimate of drug-likeness (QED) is 0.0761. The first-order chi connectivity index (χ1) is 31.5. The molecule has 1 saturated heterocycles. The second kappa shape index (κ2) is 18.3. The molecule has 4 atom stereocenters. The minimum Gasteiger partial charge on any atom is -0.453 e. The number of imidazole rings is 2. The van der Waals surface area contributed by atoms with Crippen molar-refractivity contribution in [2.75, 3.05) is 20.8 Å². The number of fused-ring (bicyclic) bond motifs is 1. The fraction of sp³-hybridized carbons (Fsp3) is 0.373. The van der Waals surface area contributed by atoms with Gasteiger partial charge < -0.3 is 40.3 Å². The Labute approximate surface area is 378 Å². The van der Waals surface area contributed by atoms with Gasteiger partial charge in [-0.15, -0.1) is 0 Å². The summed E-state index contributed by atoms with van der Waals surface area (Å²) in [5.41, 5.74) is 6.63. The molecular formula is C51H56N8O6. The molecule has 0 bridgehead atoms. The third kappa shape index (κ3) is 9.20. The van der Waals surface area contributed by atoms with E-state index in [4.69, 9.17) is 19.4 Å². The summed E-state index contributed by atoms with van der Waals surface area (Å²) in [6.07, 6.45) is 9.48. The third-order valence-corrected chi connectivity index (χ3v) is 13.6. The highest BCUT2D eigenvalue weighted by Gasteiger charge is 2.55. The SMILES string of the molecule is COC(=O)NC(C(=O)N1CC2(CC2)C[C@H]1c1ncc(-c2ccc3cc(-c4ccc(-c5cnc([C@@H](NC(=O)[C@@H](NC(=O)OC)C(C)C)C6CCCC6)[nH]5)cc4)ccc3c2)[nH]1)c1ccccc1. The molecule has 14 nitrogen and oxygen atoms in total. The van der Waals surface area contributed by atoms with Crippen molar-refractivity contribution in [3.63, 3.8) is 0 Å². The molecule has 3 aliphatic rings. The molecule has 1 spiro atoms. The van der Waals surface area contributed by atoms with Gasteiger partial charge in [0.25, 0.3) is 5.91 Å². The van der Waals surface area contributed by atoms with E-state index in [2.05, 4.69) is 86.6 Å². The maximum Gasteiger partial charge on any atom is 0.407 e. The highest BCUT2D eigenvalue weighted by Crippen LogP contribution is 2.58. The number of carbonyl (C=O) groups excluding carboxylic acids is 4. The number of ether oxygens (including phenoxy) is 2. The topological polar surface area (TPSA) is 183 Å². The Morgan fingerprint density at radius 3 is 2.02 bits per heavy atom. The summed E-state index contributed by atoms with van der Waals surface area (Å²) in [7, 11) is 2.59. The van der Waals surface area contributed by atoms with Gasteiger partial charge in [0, 0.05) is 12.1 Å². The van der Waals surface area contributed by atoms with Crippen LogP contribution in [0.15, 0.2) is 103 Å². The first kappa shape index (κ1) is 43.3. The number of alkyl carbamates (subject to hydrolysis) is 2. The van der Waals surface area contributed by atoms with Crippen molar-refractivity contribution in [2.45, 2.75) is 83.0 Å². The maximum atomic E-state index is 14.3. The van der Waals surface area contributed by atoms with E-state index in [0.717, 1.165) is 95.2 Å². The van der Waals surface area contributed by atoms with Gasteiger partial charge in [-0.1, -0.05) is 106 Å². The van der Waals surface area contributed by atoms with Crippen LogP contribution in [-0.2, 0) is 19.1 Å². The first-order valence-corrected chi connectivity index (χ1v) is 22.6. The van der Waals surface area contributed by atoms with Crippen LogP contribution in [0.2, 0.25) is 0 Å². The van der Waals surface area contributed by atoms with Gasteiger partial charge in [-0.2, -0.15) is 0 Å². The number of methoxy groups -OCH3 is 2. The molecule has 2 saturated carbocycles. The lowest BCUT2D eigenvalue weighted by Crippen LogP contribution is -2.51. The van der Waals surface area contributed by atoms with Crippen LogP contribution in [0, 0.1) is 17.3 Å². The standard InChI is InChI=1S/C51H56N8O6/c1-30(2)42(57-49(62)64-3)47(60)56-43(33-12-8-9-13-33)46-53-27-39(55-46)32-16-14-31(15-17-32)35-18-19-37-25-38(21-20-36(37)24-35)40-28-52-45(54-40)41-26-51(22-23-51)29-59(41)48(61)44(58-50(63)65-4)34-10-6-5-7-11-34/h5-7,10-11,14-21,24-25,27-28,30,33,41-44H,8-9,12-13,22-23,26,29H2,1-4H3,(H,52,54)(H,53,55)(H,56,60)(H,57,62)(H,58,63)/t41-,42-,43-,44?/m0/s1. The molecule has 2 aromatic heterocycles. The summed E-state index contributed by atoms with van der Waals surface area (Å²) in [5.74, 6) is 1.10. The Kier molecular flexibility index (Phi) is 12.2. The Bertz CT molecular complexity index is 2680. The fourth-order valence-electron chi connectivity index (χ4n) is 9.74. The predicted molar refractivity (Wildman–Crippen MR) is 247 cm³/mol. The number of hydrogen-bond donors (Lipinski definition) is 5. The second-order valence-electron chi connectivity index (χ2n) is 18.3. The zero-order chi connectivity index (χ0) is 45.2. The molecule has 14 heteroatoms. The van der Waals surface area contributed by atoms with E-state index in [0.29, 0.717) is 17.9 Å². The molecule has 1 aliphatic heterocycles. The average molecular weight is 877 g/mol. The van der Waals surface area contributed by atoms with E-state index in [1.807, 2.05) is 61.5 Å². The molecule has 3 heterocycles. The van der Waals surface area contributed by atoms with E-state index >= 15 is 0 Å². The molecule has 4 amide bonds. The Morgan fingerprint density at radius 2 is 1.34 bits per heavy atom. The van der Waals surface area contributed by atoms with Gasteiger partial charge in [0.05, 0.1) is 50.1 Å². The summed E-state index contributed by atoms with van der Waals surface area (Å²) in [6, 6.07) is 28.3. The van der Waals surface area contributed by atoms with E-state index in [9.17, 15) is 19.2 Å². The summed E-state index contributed by atoms with van der Waals surface area (Å²) in [5, 5.41) is 10.8. The predicted octanol–water partition coefficient (Wildman–Crippen LogP) is 9.17. The number of rotatable bonds is 13. The van der Waals surface area contributed by atoms with Crippen molar-refractivity contribution < 1.29 is 28.7 Å². The number of aromatic nitrogens is 4. The van der Waals surface area contributed by atoms with Gasteiger partial charge in [0.2, 0.25) is 5.91 Å². The van der Waals surface area contributed by atoms with Crippen LogP contribution in [0.3, 0.4) is 0 Å². The number of H-pyrrole nitrogens is 2. The van der Waals surface area contributed by atoms with Crippen molar-refractivity contribution in [3.8, 4) is 33.6 Å². The van der Waals surface area contributed by atoms with Crippen LogP contribution in [0.25, 0.3) is 44.4 Å². The highest BCUT2D eigenvalue weighted by atomic mass is 16.5. The number of hydrogen-bond acceptors (Lipinski definition) is 8. The van der Waals surface area contributed by atoms with Crippen molar-refractivity contribution in [2.24, 2.45) is 17.3 Å². The number of likely N-dealkylation sites (tertiary alicyclic amines) is 1. The van der Waals surface area contributed by atoms with Crippen molar-refractivity contribution >= 4 is 34.8 Å². The van der Waals surface area contributed by atoms with Crippen LogP contribution in [0.5, 0.6) is 0 Å². The van der Waals surface area contributed by atoms with Crippen LogP contribution in [0.1, 0.15) is 94.1 Å². The van der Waals surface area contributed by atoms with Gasteiger partial charge in [-0.05, 0) is 94.5 Å². The van der Waals surface area contributed by atoms with E-state index < -0.39 is 24.3 Å². The molecule has 5 N–H and O–H groups in total. The molecule has 336 valence electrons. The summed E-state index contributed by atoms with van der Waals surface area (Å²) in [4.78, 5) is 70.8. The van der Waals surface area contributed by atoms with Crippen molar-refractivity contribution in [3.05, 3.63) is 121 Å². The molecule has 3 fully saturated rings. The third-order valence-electron chi connectivity index (χ3n) is 13.6. The zero-order valence-corrected chi connectivity index (χ0v) is 37.2. The smallest absolute Gasteiger partial charge is 0.407 e. The van der Waals surface area contributed by atoms with E-state index in [1.165, 1.54) is 14.2 Å². The van der Waals surface area contributed by atoms with Gasteiger partial charge in [-0.25, -0.2) is 19.6 Å². The van der Waals surface area contributed by atoms with Crippen LogP contribution in [-0.4, -0.2) is 75.6 Å². The summed E-state index contributed by atoms with van der Waals surface area (Å²) < 4.78 is 9.67. The lowest BCUT2D eigenvalue weighted by atomic mass is 9.96. The molecule has 6 aromatic rings.